The lowest BCUT2D eigenvalue weighted by molar-refractivity contribution is -0.384. The van der Waals surface area contributed by atoms with Gasteiger partial charge < -0.3 is 9.50 Å². The maximum atomic E-state index is 12.7. The summed E-state index contributed by atoms with van der Waals surface area (Å²) in [5.41, 5.74) is 0.560. The molecule has 9 nitrogen and oxygen atoms in total. The van der Waals surface area contributed by atoms with Crippen LogP contribution in [-0.4, -0.2) is 24.4 Å². The average molecular weight is 550 g/mol. The van der Waals surface area contributed by atoms with Gasteiger partial charge in [0.15, 0.2) is 5.17 Å². The van der Waals surface area contributed by atoms with E-state index in [0.717, 1.165) is 36.0 Å². The van der Waals surface area contributed by atoms with E-state index in [1.807, 2.05) is 0 Å². The number of hydrogen-bond acceptors (Lipinski definition) is 8. The van der Waals surface area contributed by atoms with Gasteiger partial charge in [-0.3, -0.25) is 14.9 Å². The lowest BCUT2D eigenvalue weighted by Gasteiger charge is -2.09. The minimum atomic E-state index is -4.29. The molecular formula is C22H13Cl2N3O6S2. The van der Waals surface area contributed by atoms with Gasteiger partial charge >= 0.3 is 10.1 Å². The largest absolute Gasteiger partial charge is 0.378 e. The van der Waals surface area contributed by atoms with Gasteiger partial charge in [0.2, 0.25) is 0 Å². The zero-order chi connectivity index (χ0) is 25.2. The quantitative estimate of drug-likeness (QED) is 0.184. The van der Waals surface area contributed by atoms with Gasteiger partial charge in [0.1, 0.15) is 10.6 Å². The molecule has 4 rings (SSSR count). The molecule has 1 fully saturated rings. The standard InChI is InChI=1S/C22H13Cl2N3O6S2/c23-17-10-5-14(12-18(17)24)25-22-26-21(28)20(34-22)11-13-3-1-2-4-19(13)33-35(31,32)16-8-6-15(7-9-16)27(29)30/h1-12H,(H,25,26,28)/b20-11+. The molecule has 1 heterocycles. The van der Waals surface area contributed by atoms with Crippen LogP contribution in [0.1, 0.15) is 5.56 Å². The number of rotatable bonds is 6. The molecule has 3 aromatic carbocycles. The maximum Gasteiger partial charge on any atom is 0.339 e. The van der Waals surface area contributed by atoms with Gasteiger partial charge in [0.05, 0.1) is 25.6 Å². The van der Waals surface area contributed by atoms with Gasteiger partial charge in [-0.1, -0.05) is 41.4 Å². The lowest BCUT2D eigenvalue weighted by atomic mass is 10.2. The Labute approximate surface area is 213 Å². The molecule has 3 aromatic rings. The number of nitrogens with zero attached hydrogens (tertiary/aromatic N) is 2. The van der Waals surface area contributed by atoms with E-state index in [2.05, 4.69) is 10.3 Å². The number of aliphatic imine (C=N–C) groups is 1. The highest BCUT2D eigenvalue weighted by Gasteiger charge is 2.25. The summed E-state index contributed by atoms with van der Waals surface area (Å²) < 4.78 is 30.7. The highest BCUT2D eigenvalue weighted by atomic mass is 35.5. The van der Waals surface area contributed by atoms with Gasteiger partial charge in [0, 0.05) is 17.7 Å². The van der Waals surface area contributed by atoms with Crippen molar-refractivity contribution in [3.8, 4) is 5.75 Å². The minimum Gasteiger partial charge on any atom is -0.378 e. The number of amides is 1. The zero-order valence-corrected chi connectivity index (χ0v) is 20.5. The summed E-state index contributed by atoms with van der Waals surface area (Å²) in [5.74, 6) is -0.455. The smallest absolute Gasteiger partial charge is 0.339 e. The molecule has 0 bridgehead atoms. The Morgan fingerprint density at radius 3 is 2.43 bits per heavy atom. The van der Waals surface area contributed by atoms with Crippen LogP contribution in [0, 0.1) is 10.1 Å². The fourth-order valence-electron chi connectivity index (χ4n) is 2.87. The van der Waals surface area contributed by atoms with E-state index in [4.69, 9.17) is 27.4 Å². The van der Waals surface area contributed by atoms with E-state index in [1.165, 1.54) is 12.1 Å². The van der Waals surface area contributed by atoms with Crippen molar-refractivity contribution in [1.29, 1.82) is 0 Å². The van der Waals surface area contributed by atoms with Crippen LogP contribution in [-0.2, 0) is 14.9 Å². The van der Waals surface area contributed by atoms with Crippen LogP contribution in [0.5, 0.6) is 5.75 Å². The van der Waals surface area contributed by atoms with Crippen LogP contribution in [0.2, 0.25) is 10.0 Å². The number of thioether (sulfide) groups is 1. The molecule has 1 aliphatic rings. The zero-order valence-electron chi connectivity index (χ0n) is 17.3. The second-order valence-electron chi connectivity index (χ2n) is 6.91. The highest BCUT2D eigenvalue weighted by Crippen LogP contribution is 2.33. The Morgan fingerprint density at radius 1 is 1.03 bits per heavy atom. The summed E-state index contributed by atoms with van der Waals surface area (Å²) >= 11 is 13.0. The third-order valence-corrected chi connectivity index (χ3v) is 7.42. The number of carbonyl (C=O) groups excluding carboxylic acids is 1. The molecule has 0 atom stereocenters. The number of non-ortho nitro benzene ring substituents is 1. The number of para-hydroxylation sites is 1. The summed E-state index contributed by atoms with van der Waals surface area (Å²) in [5, 5.41) is 14.4. The van der Waals surface area contributed by atoms with Crippen molar-refractivity contribution in [1.82, 2.24) is 5.32 Å². The lowest BCUT2D eigenvalue weighted by Crippen LogP contribution is -2.19. The van der Waals surface area contributed by atoms with E-state index >= 15 is 0 Å². The van der Waals surface area contributed by atoms with E-state index < -0.39 is 20.9 Å². The van der Waals surface area contributed by atoms with E-state index in [0.29, 0.717) is 26.5 Å². The number of benzene rings is 3. The molecule has 1 N–H and O–H groups in total. The summed E-state index contributed by atoms with van der Waals surface area (Å²) in [6, 6.07) is 15.3. The van der Waals surface area contributed by atoms with Crippen molar-refractivity contribution < 1.29 is 22.3 Å². The molecule has 1 saturated heterocycles. The van der Waals surface area contributed by atoms with Crippen LogP contribution in [0.4, 0.5) is 11.4 Å². The highest BCUT2D eigenvalue weighted by molar-refractivity contribution is 8.18. The first-order chi connectivity index (χ1) is 16.6. The van der Waals surface area contributed by atoms with Crippen LogP contribution < -0.4 is 9.50 Å². The number of hydrogen-bond donors (Lipinski definition) is 1. The SMILES string of the molecule is O=C1NC(=Nc2ccc(Cl)c(Cl)c2)S/C1=C/c1ccccc1OS(=O)(=O)c1ccc([N+](=O)[O-])cc1. The molecule has 0 radical (unpaired) electrons. The summed E-state index contributed by atoms with van der Waals surface area (Å²) in [6.45, 7) is 0. The molecule has 1 aliphatic heterocycles. The van der Waals surface area contributed by atoms with Gasteiger partial charge in [-0.15, -0.1) is 0 Å². The third-order valence-electron chi connectivity index (χ3n) is 4.53. The number of carbonyl (C=O) groups is 1. The second-order valence-corrected chi connectivity index (χ2v) is 10.3. The number of nitrogens with one attached hydrogen (secondary N) is 1. The average Bonchev–Trinajstić information content (AvgIpc) is 3.16. The van der Waals surface area contributed by atoms with Crippen molar-refractivity contribution in [3.63, 3.8) is 0 Å². The molecule has 35 heavy (non-hydrogen) atoms. The van der Waals surface area contributed by atoms with Crippen LogP contribution >= 0.6 is 35.0 Å². The molecule has 13 heteroatoms. The fraction of sp³-hybridized carbons (Fsp3) is 0. The molecule has 0 unspecified atom stereocenters. The number of nitro benzene ring substituents is 1. The van der Waals surface area contributed by atoms with Gasteiger partial charge in [-0.05, 0) is 54.2 Å². The van der Waals surface area contributed by atoms with Crippen LogP contribution in [0.3, 0.4) is 0 Å². The Balaban J connectivity index is 1.58. The molecule has 0 aliphatic carbocycles. The minimum absolute atomic E-state index is 0.0263. The molecular weight excluding hydrogens is 537 g/mol. The predicted octanol–water partition coefficient (Wildman–Crippen LogP) is 5.56. The molecule has 0 aromatic heterocycles. The molecule has 0 spiro atoms. The molecule has 178 valence electrons. The van der Waals surface area contributed by atoms with Crippen molar-refractivity contribution in [2.24, 2.45) is 4.99 Å². The summed E-state index contributed by atoms with van der Waals surface area (Å²) in [7, 11) is -4.29. The molecule has 0 saturated carbocycles. The van der Waals surface area contributed by atoms with E-state index in [-0.39, 0.29) is 21.2 Å². The summed E-state index contributed by atoms with van der Waals surface area (Å²) in [6.07, 6.45) is 1.47. The summed E-state index contributed by atoms with van der Waals surface area (Å²) in [4.78, 5) is 27.0. The molecule has 1 amide bonds. The number of nitro groups is 1. The van der Waals surface area contributed by atoms with Crippen molar-refractivity contribution in [2.45, 2.75) is 4.90 Å². The predicted molar refractivity (Wildman–Crippen MR) is 135 cm³/mol. The first-order valence-electron chi connectivity index (χ1n) is 9.65. The first-order valence-corrected chi connectivity index (χ1v) is 12.6. The maximum absolute atomic E-state index is 12.7. The van der Waals surface area contributed by atoms with Gasteiger partial charge in [-0.2, -0.15) is 8.42 Å². The van der Waals surface area contributed by atoms with Crippen LogP contribution in [0.25, 0.3) is 6.08 Å². The normalized spacial score (nSPS) is 15.9. The van der Waals surface area contributed by atoms with Crippen molar-refractivity contribution in [2.75, 3.05) is 0 Å². The topological polar surface area (TPSA) is 128 Å². The Kier molecular flexibility index (Phi) is 7.13. The first kappa shape index (κ1) is 24.7. The van der Waals surface area contributed by atoms with Crippen molar-refractivity contribution >= 4 is 73.6 Å². The number of halogens is 2. The van der Waals surface area contributed by atoms with E-state index in [9.17, 15) is 23.3 Å². The van der Waals surface area contributed by atoms with Gasteiger partial charge in [0.25, 0.3) is 11.6 Å². The third kappa shape index (κ3) is 5.82. The van der Waals surface area contributed by atoms with Crippen LogP contribution in [0.15, 0.2) is 81.5 Å². The fourth-order valence-corrected chi connectivity index (χ4v) is 4.95. The Morgan fingerprint density at radius 2 is 1.74 bits per heavy atom. The van der Waals surface area contributed by atoms with Gasteiger partial charge in [-0.25, -0.2) is 4.99 Å². The second kappa shape index (κ2) is 10.1. The van der Waals surface area contributed by atoms with E-state index in [1.54, 1.807) is 36.4 Å². The Hall–Kier alpha value is -3.38. The van der Waals surface area contributed by atoms with Crippen molar-refractivity contribution in [3.05, 3.63) is 97.4 Å². The number of amidine groups is 1. The monoisotopic (exact) mass is 549 g/mol. The Bertz CT molecular complexity index is 1510.